The van der Waals surface area contributed by atoms with Crippen molar-refractivity contribution >= 4 is 5.71 Å². The molecule has 1 aromatic rings. The summed E-state index contributed by atoms with van der Waals surface area (Å²) in [7, 11) is 1.69. The lowest BCUT2D eigenvalue weighted by atomic mass is 9.70. The van der Waals surface area contributed by atoms with Crippen LogP contribution in [0.15, 0.2) is 48.1 Å². The Hall–Kier alpha value is -1.83. The Morgan fingerprint density at radius 1 is 1.16 bits per heavy atom. The smallest absolute Gasteiger partial charge is 0.118 e. The Kier molecular flexibility index (Phi) is 3.24. The number of ether oxygens (including phenoxy) is 1. The standard InChI is InChI=1S/C17H19NO/c1-19-15-8-6-12(7-9-15)17-11-14(18)10-13-4-2-3-5-16(13)17/h2,4,6-10,16-18H,3,5,11H2,1H3. The predicted molar refractivity (Wildman–Crippen MR) is 78.0 cm³/mol. The summed E-state index contributed by atoms with van der Waals surface area (Å²) in [4.78, 5) is 0. The van der Waals surface area contributed by atoms with E-state index < -0.39 is 0 Å². The number of benzene rings is 1. The lowest BCUT2D eigenvalue weighted by Crippen LogP contribution is -2.24. The van der Waals surface area contributed by atoms with Crippen LogP contribution in [0.25, 0.3) is 0 Å². The summed E-state index contributed by atoms with van der Waals surface area (Å²) in [6.07, 6.45) is 9.70. The van der Waals surface area contributed by atoms with Crippen molar-refractivity contribution in [1.82, 2.24) is 0 Å². The largest absolute Gasteiger partial charge is 0.497 e. The Balaban J connectivity index is 1.93. The second kappa shape index (κ2) is 5.04. The summed E-state index contributed by atoms with van der Waals surface area (Å²) in [6.45, 7) is 0. The zero-order chi connectivity index (χ0) is 13.2. The molecular weight excluding hydrogens is 234 g/mol. The predicted octanol–water partition coefficient (Wildman–Crippen LogP) is 4.09. The maximum Gasteiger partial charge on any atom is 0.118 e. The van der Waals surface area contributed by atoms with Crippen molar-refractivity contribution in [2.45, 2.75) is 25.2 Å². The van der Waals surface area contributed by atoms with E-state index >= 15 is 0 Å². The molecule has 0 amide bonds. The van der Waals surface area contributed by atoms with Gasteiger partial charge in [0, 0.05) is 5.71 Å². The monoisotopic (exact) mass is 253 g/mol. The second-order valence-corrected chi connectivity index (χ2v) is 5.34. The van der Waals surface area contributed by atoms with Crippen molar-refractivity contribution in [3.63, 3.8) is 0 Å². The zero-order valence-corrected chi connectivity index (χ0v) is 11.2. The van der Waals surface area contributed by atoms with Crippen molar-refractivity contribution in [2.24, 2.45) is 5.92 Å². The van der Waals surface area contributed by atoms with E-state index in [1.165, 1.54) is 17.6 Å². The van der Waals surface area contributed by atoms with Gasteiger partial charge in [-0.1, -0.05) is 24.3 Å². The first-order chi connectivity index (χ1) is 9.28. The van der Waals surface area contributed by atoms with Gasteiger partial charge < -0.3 is 10.1 Å². The van der Waals surface area contributed by atoms with E-state index in [0.717, 1.165) is 24.3 Å². The first kappa shape index (κ1) is 12.2. The molecule has 2 aliphatic rings. The molecule has 98 valence electrons. The van der Waals surface area contributed by atoms with Crippen LogP contribution in [-0.2, 0) is 0 Å². The normalized spacial score (nSPS) is 25.7. The van der Waals surface area contributed by atoms with E-state index in [2.05, 4.69) is 30.4 Å². The molecule has 2 unspecified atom stereocenters. The Morgan fingerprint density at radius 2 is 1.95 bits per heavy atom. The van der Waals surface area contributed by atoms with Gasteiger partial charge in [-0.15, -0.1) is 0 Å². The fraction of sp³-hybridized carbons (Fsp3) is 0.353. The van der Waals surface area contributed by atoms with Gasteiger partial charge in [-0.05, 0) is 60.4 Å². The second-order valence-electron chi connectivity index (χ2n) is 5.34. The molecule has 2 heteroatoms. The maximum atomic E-state index is 8.03. The molecule has 0 aromatic heterocycles. The molecule has 2 atom stereocenters. The van der Waals surface area contributed by atoms with E-state index in [1.54, 1.807) is 7.11 Å². The highest BCUT2D eigenvalue weighted by atomic mass is 16.5. The maximum absolute atomic E-state index is 8.03. The number of nitrogens with one attached hydrogen (secondary N) is 1. The van der Waals surface area contributed by atoms with Crippen LogP contribution >= 0.6 is 0 Å². The van der Waals surface area contributed by atoms with E-state index in [1.807, 2.05) is 12.1 Å². The SMILES string of the molecule is COc1ccc(C2CC(=N)C=C3C=CCCC32)cc1. The van der Waals surface area contributed by atoms with Gasteiger partial charge in [0.1, 0.15) is 5.75 Å². The van der Waals surface area contributed by atoms with Crippen molar-refractivity contribution in [2.75, 3.05) is 7.11 Å². The van der Waals surface area contributed by atoms with Crippen LogP contribution < -0.4 is 4.74 Å². The molecule has 1 aromatic carbocycles. The first-order valence-corrected chi connectivity index (χ1v) is 6.87. The Bertz CT molecular complexity index is 539. The summed E-state index contributed by atoms with van der Waals surface area (Å²) in [5.74, 6) is 1.92. The highest BCUT2D eigenvalue weighted by molar-refractivity contribution is 5.95. The number of methoxy groups -OCH3 is 1. The summed E-state index contributed by atoms with van der Waals surface area (Å²) in [5, 5.41) is 8.03. The molecule has 0 fully saturated rings. The number of hydrogen-bond donors (Lipinski definition) is 1. The van der Waals surface area contributed by atoms with Crippen molar-refractivity contribution in [1.29, 1.82) is 5.41 Å². The van der Waals surface area contributed by atoms with Gasteiger partial charge in [0.25, 0.3) is 0 Å². The molecule has 19 heavy (non-hydrogen) atoms. The van der Waals surface area contributed by atoms with Crippen LogP contribution in [0.1, 0.15) is 30.7 Å². The molecule has 0 heterocycles. The number of fused-ring (bicyclic) bond motifs is 1. The lowest BCUT2D eigenvalue weighted by molar-refractivity contribution is 0.413. The minimum Gasteiger partial charge on any atom is -0.497 e. The van der Waals surface area contributed by atoms with Gasteiger partial charge in [-0.3, -0.25) is 0 Å². The summed E-state index contributed by atoms with van der Waals surface area (Å²) in [6, 6.07) is 8.35. The third kappa shape index (κ3) is 2.35. The molecule has 0 bridgehead atoms. The molecule has 1 N–H and O–H groups in total. The number of hydrogen-bond acceptors (Lipinski definition) is 2. The first-order valence-electron chi connectivity index (χ1n) is 6.87. The zero-order valence-electron chi connectivity index (χ0n) is 11.2. The van der Waals surface area contributed by atoms with Gasteiger partial charge in [0.15, 0.2) is 0 Å². The highest BCUT2D eigenvalue weighted by Gasteiger charge is 2.30. The van der Waals surface area contributed by atoms with E-state index in [-0.39, 0.29) is 0 Å². The average molecular weight is 253 g/mol. The molecule has 0 radical (unpaired) electrons. The molecule has 0 saturated carbocycles. The quantitative estimate of drug-likeness (QED) is 0.846. The fourth-order valence-corrected chi connectivity index (χ4v) is 3.21. The lowest BCUT2D eigenvalue weighted by Gasteiger charge is -2.34. The third-order valence-corrected chi connectivity index (χ3v) is 4.19. The third-order valence-electron chi connectivity index (χ3n) is 4.19. The van der Waals surface area contributed by atoms with Gasteiger partial charge in [0.05, 0.1) is 7.11 Å². The van der Waals surface area contributed by atoms with Crippen molar-refractivity contribution in [3.05, 3.63) is 53.6 Å². The molecule has 2 aliphatic carbocycles. The van der Waals surface area contributed by atoms with Crippen LogP contribution in [-0.4, -0.2) is 12.8 Å². The minimum absolute atomic E-state index is 0.448. The Morgan fingerprint density at radius 3 is 2.68 bits per heavy atom. The highest BCUT2D eigenvalue weighted by Crippen LogP contribution is 2.42. The Labute approximate surface area is 114 Å². The van der Waals surface area contributed by atoms with Crippen LogP contribution in [0, 0.1) is 11.3 Å². The summed E-state index contributed by atoms with van der Waals surface area (Å²) in [5.41, 5.74) is 3.42. The molecule has 3 rings (SSSR count). The van der Waals surface area contributed by atoms with E-state index in [0.29, 0.717) is 11.8 Å². The van der Waals surface area contributed by atoms with E-state index in [9.17, 15) is 0 Å². The van der Waals surface area contributed by atoms with Crippen molar-refractivity contribution in [3.8, 4) is 5.75 Å². The van der Waals surface area contributed by atoms with Crippen molar-refractivity contribution < 1.29 is 4.74 Å². The van der Waals surface area contributed by atoms with Crippen LogP contribution in [0.3, 0.4) is 0 Å². The van der Waals surface area contributed by atoms with Crippen LogP contribution in [0.4, 0.5) is 0 Å². The van der Waals surface area contributed by atoms with Crippen LogP contribution in [0.2, 0.25) is 0 Å². The molecular formula is C17H19NO. The summed E-state index contributed by atoms with van der Waals surface area (Å²) < 4.78 is 5.22. The molecule has 2 nitrogen and oxygen atoms in total. The molecule has 0 aliphatic heterocycles. The minimum atomic E-state index is 0.448. The number of allylic oxidation sites excluding steroid dienone is 4. The van der Waals surface area contributed by atoms with E-state index in [4.69, 9.17) is 10.1 Å². The van der Waals surface area contributed by atoms with Gasteiger partial charge >= 0.3 is 0 Å². The topological polar surface area (TPSA) is 33.1 Å². The van der Waals surface area contributed by atoms with Crippen LogP contribution in [0.5, 0.6) is 5.75 Å². The van der Waals surface area contributed by atoms with Gasteiger partial charge in [-0.25, -0.2) is 0 Å². The average Bonchev–Trinajstić information content (AvgIpc) is 2.46. The molecule has 0 saturated heterocycles. The molecule has 0 spiro atoms. The number of rotatable bonds is 2. The van der Waals surface area contributed by atoms with Gasteiger partial charge in [0.2, 0.25) is 0 Å². The summed E-state index contributed by atoms with van der Waals surface area (Å²) >= 11 is 0. The fourth-order valence-electron chi connectivity index (χ4n) is 3.21. The van der Waals surface area contributed by atoms with Gasteiger partial charge in [-0.2, -0.15) is 0 Å².